The Morgan fingerprint density at radius 3 is 2.61 bits per heavy atom. The van der Waals surface area contributed by atoms with Crippen LogP contribution in [0.4, 0.5) is 4.39 Å². The third kappa shape index (κ3) is 5.89. The van der Waals surface area contributed by atoms with Crippen molar-refractivity contribution in [3.05, 3.63) is 81.6 Å². The van der Waals surface area contributed by atoms with Crippen LogP contribution in [0.2, 0.25) is 0 Å². The molecule has 2 aromatic carbocycles. The first-order valence-electron chi connectivity index (χ1n) is 10.5. The van der Waals surface area contributed by atoms with Gasteiger partial charge in [-0.25, -0.2) is 9.37 Å². The topological polar surface area (TPSA) is 45.7 Å². The lowest BCUT2D eigenvalue weighted by Gasteiger charge is -2.21. The number of benzene rings is 2. The van der Waals surface area contributed by atoms with Crippen LogP contribution in [0, 0.1) is 12.7 Å². The van der Waals surface area contributed by atoms with Gasteiger partial charge in [-0.2, -0.15) is 0 Å². The molecule has 1 aromatic heterocycles. The molecule has 1 saturated heterocycles. The van der Waals surface area contributed by atoms with E-state index in [0.29, 0.717) is 25.4 Å². The quantitative estimate of drug-likeness (QED) is 0.567. The van der Waals surface area contributed by atoms with E-state index in [4.69, 9.17) is 4.74 Å². The Morgan fingerprint density at radius 2 is 1.84 bits per heavy atom. The minimum absolute atomic E-state index is 0.0264. The lowest BCUT2D eigenvalue weighted by Crippen LogP contribution is -2.35. The van der Waals surface area contributed by atoms with Crippen molar-refractivity contribution in [3.8, 4) is 5.75 Å². The normalized spacial score (nSPS) is 15.0. The van der Waals surface area contributed by atoms with Crippen molar-refractivity contribution in [2.45, 2.75) is 26.5 Å². The number of rotatable bonds is 6. The van der Waals surface area contributed by atoms with Gasteiger partial charge in [0.25, 0.3) is 5.91 Å². The van der Waals surface area contributed by atoms with E-state index >= 15 is 0 Å². The van der Waals surface area contributed by atoms with Gasteiger partial charge in [-0.3, -0.25) is 9.69 Å². The van der Waals surface area contributed by atoms with Crippen LogP contribution >= 0.6 is 11.3 Å². The maximum absolute atomic E-state index is 13.1. The maximum Gasteiger partial charge on any atom is 0.273 e. The Balaban J connectivity index is 1.30. The van der Waals surface area contributed by atoms with Gasteiger partial charge >= 0.3 is 0 Å². The first kappa shape index (κ1) is 21.5. The molecule has 0 aliphatic carbocycles. The molecule has 1 amide bonds. The van der Waals surface area contributed by atoms with E-state index in [1.807, 2.05) is 53.6 Å². The largest absolute Gasteiger partial charge is 0.486 e. The zero-order valence-corrected chi connectivity index (χ0v) is 18.4. The SMILES string of the molecule is Cc1ccc(OCc2nc(C(=O)N3CCCN(Cc4ccc(F)cc4)CC3)cs2)cc1. The molecular formula is C24H26FN3O2S. The summed E-state index contributed by atoms with van der Waals surface area (Å²) in [4.78, 5) is 21.6. The number of amides is 1. The molecule has 5 nitrogen and oxygen atoms in total. The van der Waals surface area contributed by atoms with Crippen molar-refractivity contribution in [1.82, 2.24) is 14.8 Å². The highest BCUT2D eigenvalue weighted by Gasteiger charge is 2.22. The van der Waals surface area contributed by atoms with Crippen LogP contribution in [0.25, 0.3) is 0 Å². The average molecular weight is 440 g/mol. The van der Waals surface area contributed by atoms with Gasteiger partial charge in [0.1, 0.15) is 28.9 Å². The predicted molar refractivity (Wildman–Crippen MR) is 120 cm³/mol. The smallest absolute Gasteiger partial charge is 0.273 e. The Morgan fingerprint density at radius 1 is 1.06 bits per heavy atom. The van der Waals surface area contributed by atoms with Crippen molar-refractivity contribution < 1.29 is 13.9 Å². The second-order valence-corrected chi connectivity index (χ2v) is 8.72. The molecule has 0 saturated carbocycles. The summed E-state index contributed by atoms with van der Waals surface area (Å²) in [7, 11) is 0. The molecule has 162 valence electrons. The van der Waals surface area contributed by atoms with E-state index in [0.717, 1.165) is 42.4 Å². The van der Waals surface area contributed by atoms with Crippen LogP contribution in [0.15, 0.2) is 53.9 Å². The first-order chi connectivity index (χ1) is 15.1. The second kappa shape index (κ2) is 10.0. The molecule has 0 radical (unpaired) electrons. The number of nitrogens with zero attached hydrogens (tertiary/aromatic N) is 3. The van der Waals surface area contributed by atoms with E-state index < -0.39 is 0 Å². The molecule has 31 heavy (non-hydrogen) atoms. The van der Waals surface area contributed by atoms with Crippen molar-refractivity contribution in [1.29, 1.82) is 0 Å². The Kier molecular flexibility index (Phi) is 6.94. The standard InChI is InChI=1S/C24H26FN3O2S/c1-18-3-9-21(10-4-18)30-16-23-26-22(17-31-23)24(29)28-12-2-11-27(13-14-28)15-19-5-7-20(25)8-6-19/h3-10,17H,2,11-16H2,1H3. The summed E-state index contributed by atoms with van der Waals surface area (Å²) in [6.07, 6.45) is 0.903. The summed E-state index contributed by atoms with van der Waals surface area (Å²) >= 11 is 1.45. The molecular weight excluding hydrogens is 413 g/mol. The van der Waals surface area contributed by atoms with Gasteiger partial charge in [0.2, 0.25) is 0 Å². The summed E-state index contributed by atoms with van der Waals surface area (Å²) < 4.78 is 18.9. The summed E-state index contributed by atoms with van der Waals surface area (Å²) in [5, 5.41) is 2.61. The second-order valence-electron chi connectivity index (χ2n) is 7.78. The van der Waals surface area contributed by atoms with E-state index in [1.165, 1.54) is 29.0 Å². The summed E-state index contributed by atoms with van der Waals surface area (Å²) in [6, 6.07) is 14.5. The van der Waals surface area contributed by atoms with Crippen molar-refractivity contribution in [2.24, 2.45) is 0 Å². The van der Waals surface area contributed by atoms with E-state index in [-0.39, 0.29) is 11.7 Å². The average Bonchev–Trinajstić information content (AvgIpc) is 3.13. The molecule has 4 rings (SSSR count). The highest BCUT2D eigenvalue weighted by Crippen LogP contribution is 2.18. The van der Waals surface area contributed by atoms with Crippen LogP contribution < -0.4 is 4.74 Å². The number of carbonyl (C=O) groups is 1. The van der Waals surface area contributed by atoms with Gasteiger partial charge in [0.15, 0.2) is 0 Å². The number of carbonyl (C=O) groups excluding carboxylic acids is 1. The fourth-order valence-corrected chi connectivity index (χ4v) is 4.28. The summed E-state index contributed by atoms with van der Waals surface area (Å²) in [6.45, 7) is 6.22. The number of ether oxygens (including phenoxy) is 1. The molecule has 2 heterocycles. The number of aromatic nitrogens is 1. The Hall–Kier alpha value is -2.77. The molecule has 3 aromatic rings. The number of thiazole rings is 1. The summed E-state index contributed by atoms with van der Waals surface area (Å²) in [5.41, 5.74) is 2.75. The maximum atomic E-state index is 13.1. The Bertz CT molecular complexity index is 1000. The molecule has 0 spiro atoms. The van der Waals surface area contributed by atoms with Crippen LogP contribution in [-0.4, -0.2) is 46.9 Å². The van der Waals surface area contributed by atoms with Crippen LogP contribution in [-0.2, 0) is 13.2 Å². The van der Waals surface area contributed by atoms with Gasteiger partial charge in [0, 0.05) is 38.1 Å². The number of hydrogen-bond donors (Lipinski definition) is 0. The van der Waals surface area contributed by atoms with Crippen molar-refractivity contribution in [3.63, 3.8) is 0 Å². The van der Waals surface area contributed by atoms with E-state index in [1.54, 1.807) is 0 Å². The first-order valence-corrected chi connectivity index (χ1v) is 11.3. The number of aryl methyl sites for hydroxylation is 1. The third-order valence-electron chi connectivity index (χ3n) is 5.35. The van der Waals surface area contributed by atoms with Crippen LogP contribution in [0.5, 0.6) is 5.75 Å². The molecule has 0 N–H and O–H groups in total. The monoisotopic (exact) mass is 439 g/mol. The third-order valence-corrected chi connectivity index (χ3v) is 6.17. The zero-order chi connectivity index (χ0) is 21.6. The van der Waals surface area contributed by atoms with E-state index in [2.05, 4.69) is 9.88 Å². The lowest BCUT2D eigenvalue weighted by atomic mass is 10.2. The minimum Gasteiger partial charge on any atom is -0.486 e. The molecule has 0 unspecified atom stereocenters. The highest BCUT2D eigenvalue weighted by atomic mass is 32.1. The molecule has 7 heteroatoms. The minimum atomic E-state index is -0.219. The molecule has 0 bridgehead atoms. The van der Waals surface area contributed by atoms with Crippen molar-refractivity contribution >= 4 is 17.2 Å². The number of hydrogen-bond acceptors (Lipinski definition) is 5. The lowest BCUT2D eigenvalue weighted by molar-refractivity contribution is 0.0755. The van der Waals surface area contributed by atoms with Gasteiger partial charge in [-0.05, 0) is 43.2 Å². The molecule has 1 aliphatic rings. The van der Waals surface area contributed by atoms with Gasteiger partial charge in [-0.1, -0.05) is 29.8 Å². The van der Waals surface area contributed by atoms with Crippen LogP contribution in [0.1, 0.15) is 33.0 Å². The van der Waals surface area contributed by atoms with Gasteiger partial charge in [-0.15, -0.1) is 11.3 Å². The predicted octanol–water partition coefficient (Wildman–Crippen LogP) is 4.52. The fraction of sp³-hybridized carbons (Fsp3) is 0.333. The zero-order valence-electron chi connectivity index (χ0n) is 17.6. The molecule has 1 fully saturated rings. The molecule has 1 aliphatic heterocycles. The fourth-order valence-electron chi connectivity index (χ4n) is 3.60. The Labute approximate surface area is 186 Å². The van der Waals surface area contributed by atoms with Crippen LogP contribution in [0.3, 0.4) is 0 Å². The van der Waals surface area contributed by atoms with E-state index in [9.17, 15) is 9.18 Å². The molecule has 0 atom stereocenters. The summed E-state index contributed by atoms with van der Waals surface area (Å²) in [5.74, 6) is 0.548. The number of halogens is 1. The van der Waals surface area contributed by atoms with Crippen molar-refractivity contribution in [2.75, 3.05) is 26.2 Å². The highest BCUT2D eigenvalue weighted by molar-refractivity contribution is 7.09. The van der Waals surface area contributed by atoms with Gasteiger partial charge < -0.3 is 9.64 Å². The van der Waals surface area contributed by atoms with Gasteiger partial charge in [0.05, 0.1) is 0 Å².